The van der Waals surface area contributed by atoms with Crippen molar-refractivity contribution >= 4 is 11.4 Å². The Kier molecular flexibility index (Phi) is 2.42. The molecule has 3 aliphatic rings. The summed E-state index contributed by atoms with van der Waals surface area (Å²) in [5.41, 5.74) is 3.90. The molecule has 2 unspecified atom stereocenters. The normalized spacial score (nSPS) is 35.0. The monoisotopic (exact) mass is 268 g/mol. The molecule has 104 valence electrons. The van der Waals surface area contributed by atoms with Crippen molar-refractivity contribution in [2.24, 2.45) is 17.3 Å². The van der Waals surface area contributed by atoms with Crippen LogP contribution in [0.2, 0.25) is 0 Å². The summed E-state index contributed by atoms with van der Waals surface area (Å²) in [7, 11) is 0. The summed E-state index contributed by atoms with van der Waals surface area (Å²) in [5.74, 6) is 1.89. The first-order chi connectivity index (χ1) is 9.59. The number of carbonyl (C=O) groups excluding carboxylic acids is 1. The van der Waals surface area contributed by atoms with Gasteiger partial charge in [-0.25, -0.2) is 0 Å². The molecule has 3 atom stereocenters. The molecule has 0 aromatic heterocycles. The topological polar surface area (TPSA) is 37.3 Å². The third-order valence-corrected chi connectivity index (χ3v) is 5.89. The highest BCUT2D eigenvalue weighted by molar-refractivity contribution is 5.89. The van der Waals surface area contributed by atoms with E-state index in [4.69, 9.17) is 0 Å². The second-order valence-corrected chi connectivity index (χ2v) is 6.84. The minimum atomic E-state index is -0.109. The van der Waals surface area contributed by atoms with Gasteiger partial charge in [-0.05, 0) is 66.4 Å². The van der Waals surface area contributed by atoms with Crippen LogP contribution in [0.5, 0.6) is 5.75 Å². The molecule has 1 aromatic carbocycles. The zero-order valence-corrected chi connectivity index (χ0v) is 11.9. The molecule has 0 bridgehead atoms. The Bertz CT molecular complexity index is 628. The number of hydrogen-bond donors (Lipinski definition) is 1. The maximum Gasteiger partial charge on any atom is 0.139 e. The van der Waals surface area contributed by atoms with Gasteiger partial charge in [0, 0.05) is 11.8 Å². The number of Topliss-reactive ketones (excluding diaryl/α,β-unsaturated/α-hetero) is 1. The molecule has 0 heterocycles. The number of aromatic hydroxyl groups is 1. The number of hydrogen-bond acceptors (Lipinski definition) is 2. The minimum Gasteiger partial charge on any atom is -0.508 e. The zero-order valence-electron chi connectivity index (χ0n) is 11.9. The van der Waals surface area contributed by atoms with E-state index in [1.807, 2.05) is 6.07 Å². The maximum absolute atomic E-state index is 12.2. The van der Waals surface area contributed by atoms with Crippen LogP contribution in [0.1, 0.15) is 43.7 Å². The van der Waals surface area contributed by atoms with Gasteiger partial charge in [0.15, 0.2) is 0 Å². The van der Waals surface area contributed by atoms with Gasteiger partial charge in [-0.2, -0.15) is 0 Å². The van der Waals surface area contributed by atoms with E-state index in [-0.39, 0.29) is 5.41 Å². The summed E-state index contributed by atoms with van der Waals surface area (Å²) < 4.78 is 0. The predicted octanol–water partition coefficient (Wildman–Crippen LogP) is 3.73. The quantitative estimate of drug-likeness (QED) is 0.778. The highest BCUT2D eigenvalue weighted by atomic mass is 16.3. The van der Waals surface area contributed by atoms with Crippen LogP contribution < -0.4 is 0 Å². The van der Waals surface area contributed by atoms with E-state index in [1.165, 1.54) is 16.7 Å². The molecule has 20 heavy (non-hydrogen) atoms. The Morgan fingerprint density at radius 2 is 2.10 bits per heavy atom. The van der Waals surface area contributed by atoms with Crippen molar-refractivity contribution in [2.45, 2.75) is 39.0 Å². The lowest BCUT2D eigenvalue weighted by atomic mass is 9.60. The highest BCUT2D eigenvalue weighted by Crippen LogP contribution is 2.56. The van der Waals surface area contributed by atoms with Gasteiger partial charge in [-0.3, -0.25) is 4.79 Å². The Morgan fingerprint density at radius 1 is 1.25 bits per heavy atom. The van der Waals surface area contributed by atoms with Crippen molar-refractivity contribution in [2.75, 3.05) is 0 Å². The van der Waals surface area contributed by atoms with Gasteiger partial charge in [0.1, 0.15) is 11.5 Å². The minimum absolute atomic E-state index is 0.109. The van der Waals surface area contributed by atoms with E-state index in [2.05, 4.69) is 19.1 Å². The number of ketones is 1. The summed E-state index contributed by atoms with van der Waals surface area (Å²) in [6, 6.07) is 5.75. The van der Waals surface area contributed by atoms with Gasteiger partial charge < -0.3 is 5.11 Å². The van der Waals surface area contributed by atoms with E-state index in [1.54, 1.807) is 6.07 Å². The molecule has 0 radical (unpaired) electrons. The first-order valence-electron chi connectivity index (χ1n) is 7.65. The van der Waals surface area contributed by atoms with Gasteiger partial charge in [0.05, 0.1) is 0 Å². The number of aryl methyl sites for hydroxylation is 1. The van der Waals surface area contributed by atoms with E-state index in [0.29, 0.717) is 23.4 Å². The highest BCUT2D eigenvalue weighted by Gasteiger charge is 2.51. The fourth-order valence-electron chi connectivity index (χ4n) is 4.74. The number of phenolic OH excluding ortho intramolecular Hbond substituents is 1. The fraction of sp³-hybridized carbons (Fsp3) is 0.500. The lowest BCUT2D eigenvalue weighted by molar-refractivity contribution is -0.126. The molecule has 0 amide bonds. The van der Waals surface area contributed by atoms with E-state index in [9.17, 15) is 9.90 Å². The number of fused-ring (bicyclic) bond motifs is 5. The summed E-state index contributed by atoms with van der Waals surface area (Å²) in [4.78, 5) is 12.2. The molecule has 1 fully saturated rings. The first-order valence-corrected chi connectivity index (χ1v) is 7.65. The smallest absolute Gasteiger partial charge is 0.139 e. The second kappa shape index (κ2) is 3.97. The average Bonchev–Trinajstić information content (AvgIpc) is 2.74. The van der Waals surface area contributed by atoms with Crippen LogP contribution in [0.15, 0.2) is 24.3 Å². The average molecular weight is 268 g/mol. The fourth-order valence-corrected chi connectivity index (χ4v) is 4.74. The zero-order chi connectivity index (χ0) is 13.9. The molecule has 0 saturated heterocycles. The largest absolute Gasteiger partial charge is 0.508 e. The van der Waals surface area contributed by atoms with E-state index in [0.717, 1.165) is 32.1 Å². The van der Waals surface area contributed by atoms with Crippen LogP contribution in [0.3, 0.4) is 0 Å². The number of phenols is 1. The molecule has 3 aliphatic carbocycles. The molecule has 0 aliphatic heterocycles. The Morgan fingerprint density at radius 3 is 2.95 bits per heavy atom. The van der Waals surface area contributed by atoms with Gasteiger partial charge in [0.25, 0.3) is 0 Å². The van der Waals surface area contributed by atoms with Crippen LogP contribution >= 0.6 is 0 Å². The molecule has 2 heteroatoms. The van der Waals surface area contributed by atoms with Crippen LogP contribution in [-0.4, -0.2) is 10.9 Å². The first kappa shape index (κ1) is 12.2. The standard InChI is InChI=1S/C18H20O2/c1-18-9-8-14-13-5-3-12(19)10-11(13)2-4-15(14)16(18)6-7-17(18)20/h3,5,8,10,15-16,19H,2,4,6-7,9H2,1H3/t15?,16?,18-/m0/s1. The number of benzene rings is 1. The summed E-state index contributed by atoms with van der Waals surface area (Å²) in [6.45, 7) is 2.17. The van der Waals surface area contributed by atoms with Crippen LogP contribution in [-0.2, 0) is 11.2 Å². The molecule has 4 rings (SSSR count). The Balaban J connectivity index is 1.81. The molecular weight excluding hydrogens is 248 g/mol. The van der Waals surface area contributed by atoms with Gasteiger partial charge in [-0.1, -0.05) is 19.1 Å². The maximum atomic E-state index is 12.2. The van der Waals surface area contributed by atoms with Crippen molar-refractivity contribution in [1.29, 1.82) is 0 Å². The van der Waals surface area contributed by atoms with Crippen LogP contribution in [0.25, 0.3) is 5.57 Å². The van der Waals surface area contributed by atoms with Gasteiger partial charge in [0.2, 0.25) is 0 Å². The molecule has 1 saturated carbocycles. The lowest BCUT2D eigenvalue weighted by Gasteiger charge is -2.43. The van der Waals surface area contributed by atoms with Crippen molar-refractivity contribution < 1.29 is 9.90 Å². The van der Waals surface area contributed by atoms with Crippen molar-refractivity contribution in [3.8, 4) is 5.75 Å². The number of allylic oxidation sites excluding steroid dienone is 2. The Hall–Kier alpha value is -1.57. The Labute approximate surface area is 119 Å². The lowest BCUT2D eigenvalue weighted by Crippen LogP contribution is -2.38. The van der Waals surface area contributed by atoms with Crippen molar-refractivity contribution in [1.82, 2.24) is 0 Å². The van der Waals surface area contributed by atoms with E-state index >= 15 is 0 Å². The van der Waals surface area contributed by atoms with Crippen LogP contribution in [0, 0.1) is 17.3 Å². The number of carbonyl (C=O) groups is 1. The molecule has 1 aromatic rings. The third-order valence-electron chi connectivity index (χ3n) is 5.89. The molecule has 1 N–H and O–H groups in total. The van der Waals surface area contributed by atoms with Crippen molar-refractivity contribution in [3.63, 3.8) is 0 Å². The van der Waals surface area contributed by atoms with Crippen LogP contribution in [0.4, 0.5) is 0 Å². The summed E-state index contributed by atoms with van der Waals surface area (Å²) in [6.07, 6.45) is 7.16. The second-order valence-electron chi connectivity index (χ2n) is 6.84. The van der Waals surface area contributed by atoms with Crippen molar-refractivity contribution in [3.05, 3.63) is 35.4 Å². The van der Waals surface area contributed by atoms with Gasteiger partial charge >= 0.3 is 0 Å². The molecule has 2 nitrogen and oxygen atoms in total. The third kappa shape index (κ3) is 1.48. The molecular formula is C18H20O2. The predicted molar refractivity (Wildman–Crippen MR) is 78.3 cm³/mol. The summed E-state index contributed by atoms with van der Waals surface area (Å²) >= 11 is 0. The van der Waals surface area contributed by atoms with Gasteiger partial charge in [-0.15, -0.1) is 0 Å². The summed E-state index contributed by atoms with van der Waals surface area (Å²) in [5, 5.41) is 9.65. The number of rotatable bonds is 0. The SMILES string of the molecule is C[C@]12CC=C3c4ccc(O)cc4CCC3C1CCC2=O. The van der Waals surface area contributed by atoms with E-state index < -0.39 is 0 Å². The molecule has 0 spiro atoms.